The van der Waals surface area contributed by atoms with Gasteiger partial charge in [0.15, 0.2) is 0 Å². The second-order valence-corrected chi connectivity index (χ2v) is 14.2. The summed E-state index contributed by atoms with van der Waals surface area (Å²) in [5.41, 5.74) is 1.89. The lowest BCUT2D eigenvalue weighted by atomic mass is 9.77. The molecule has 1 N–H and O–H groups in total. The molecule has 0 spiro atoms. The molecular weight excluding hydrogens is 657 g/mol. The van der Waals surface area contributed by atoms with Crippen LogP contribution in [0.2, 0.25) is 0 Å². The third-order valence-electron chi connectivity index (χ3n) is 9.28. The van der Waals surface area contributed by atoms with Gasteiger partial charge in [-0.1, -0.05) is 109 Å². The zero-order valence-corrected chi connectivity index (χ0v) is 27.9. The molecule has 6 aromatic rings. The van der Waals surface area contributed by atoms with Gasteiger partial charge in [-0.2, -0.15) is 13.5 Å². The van der Waals surface area contributed by atoms with E-state index in [1.54, 1.807) is 24.3 Å². The molecule has 7 nitrogen and oxygen atoms in total. The van der Waals surface area contributed by atoms with Crippen molar-refractivity contribution in [3.05, 3.63) is 167 Å². The first-order chi connectivity index (χ1) is 24.1. The number of amides is 1. The van der Waals surface area contributed by atoms with E-state index >= 15 is 4.39 Å². The zero-order valence-electron chi connectivity index (χ0n) is 27.1. The summed E-state index contributed by atoms with van der Waals surface area (Å²) in [5.74, 6) is -2.17. The van der Waals surface area contributed by atoms with Crippen molar-refractivity contribution in [1.82, 2.24) is 9.78 Å². The van der Waals surface area contributed by atoms with E-state index in [0.717, 1.165) is 29.4 Å². The summed E-state index contributed by atoms with van der Waals surface area (Å²) >= 11 is 0. The molecule has 1 heterocycles. The highest BCUT2D eigenvalue weighted by Crippen LogP contribution is 2.48. The molecule has 1 aliphatic rings. The van der Waals surface area contributed by atoms with Crippen molar-refractivity contribution >= 4 is 44.8 Å². The first-order valence-corrected chi connectivity index (χ1v) is 17.7. The summed E-state index contributed by atoms with van der Waals surface area (Å²) < 4.78 is 60.9. The van der Waals surface area contributed by atoms with Crippen LogP contribution in [-0.4, -0.2) is 37.0 Å². The van der Waals surface area contributed by atoms with E-state index in [9.17, 15) is 17.6 Å². The van der Waals surface area contributed by atoms with Crippen molar-refractivity contribution in [3.8, 4) is 0 Å². The van der Waals surface area contributed by atoms with E-state index in [1.807, 2.05) is 95.7 Å². The first-order valence-electron chi connectivity index (χ1n) is 16.1. The number of nitrogens with zero attached hydrogens (tertiary/aromatic N) is 2. The maximum Gasteiger partial charge on any atom is 0.268 e. The van der Waals surface area contributed by atoms with Crippen LogP contribution in [0.1, 0.15) is 40.8 Å². The molecule has 0 aliphatic heterocycles. The Hall–Kier alpha value is -5.45. The summed E-state index contributed by atoms with van der Waals surface area (Å²) in [5, 5.41) is 8.38. The number of carbonyl (C=O) groups excluding carboxylic acids is 1. The Morgan fingerprint density at radius 1 is 0.840 bits per heavy atom. The van der Waals surface area contributed by atoms with Gasteiger partial charge < -0.3 is 5.32 Å². The average molecular weight is 690 g/mol. The lowest BCUT2D eigenvalue weighted by Crippen LogP contribution is -2.38. The smallest absolute Gasteiger partial charge is 0.268 e. The average Bonchev–Trinajstić information content (AvgIpc) is 3.84. The SMILES string of the molecule is COS(=O)(=O)CC1(C(=O)Nc2cc3c(/C=C/c4ccc(F)cc4)nn(C(c4ccccc4)(c4ccccc4)c4ccccc4)c3cc2F)CC1. The second kappa shape index (κ2) is 13.1. The molecule has 0 unspecified atom stereocenters. The van der Waals surface area contributed by atoms with Gasteiger partial charge in [0, 0.05) is 11.5 Å². The van der Waals surface area contributed by atoms with Gasteiger partial charge in [0.1, 0.15) is 17.2 Å². The number of nitrogens with one attached hydrogen (secondary N) is 1. The molecule has 1 amide bonds. The number of fused-ring (bicyclic) bond motifs is 1. The van der Waals surface area contributed by atoms with Gasteiger partial charge in [0.2, 0.25) is 5.91 Å². The molecule has 1 fully saturated rings. The third-order valence-corrected chi connectivity index (χ3v) is 10.7. The molecule has 1 aliphatic carbocycles. The van der Waals surface area contributed by atoms with Gasteiger partial charge in [-0.25, -0.2) is 13.5 Å². The highest BCUT2D eigenvalue weighted by Gasteiger charge is 2.53. The van der Waals surface area contributed by atoms with E-state index < -0.39 is 38.5 Å². The molecule has 50 heavy (non-hydrogen) atoms. The van der Waals surface area contributed by atoms with Crippen molar-refractivity contribution in [2.75, 3.05) is 18.2 Å². The van der Waals surface area contributed by atoms with Gasteiger partial charge in [-0.15, -0.1) is 0 Å². The second-order valence-electron chi connectivity index (χ2n) is 12.4. The van der Waals surface area contributed by atoms with Gasteiger partial charge >= 0.3 is 0 Å². The van der Waals surface area contributed by atoms with Gasteiger partial charge in [0.05, 0.1) is 35.2 Å². The quantitative estimate of drug-likeness (QED) is 0.110. The predicted molar refractivity (Wildman–Crippen MR) is 191 cm³/mol. The minimum absolute atomic E-state index is 0.107. The Balaban J connectivity index is 1.47. The highest BCUT2D eigenvalue weighted by molar-refractivity contribution is 7.86. The van der Waals surface area contributed by atoms with Crippen LogP contribution in [0.15, 0.2) is 127 Å². The van der Waals surface area contributed by atoms with Crippen molar-refractivity contribution in [3.63, 3.8) is 0 Å². The Bertz CT molecular complexity index is 2210. The summed E-state index contributed by atoms with van der Waals surface area (Å²) in [6, 6.07) is 38.4. The molecule has 1 aromatic heterocycles. The van der Waals surface area contributed by atoms with E-state index in [-0.39, 0.29) is 11.5 Å². The number of anilines is 1. The van der Waals surface area contributed by atoms with Gasteiger partial charge in [-0.05, 0) is 59.4 Å². The van der Waals surface area contributed by atoms with E-state index in [1.165, 1.54) is 24.3 Å². The van der Waals surface area contributed by atoms with Crippen LogP contribution in [0.5, 0.6) is 0 Å². The summed E-state index contributed by atoms with van der Waals surface area (Å²) in [4.78, 5) is 13.5. The van der Waals surface area contributed by atoms with Crippen LogP contribution >= 0.6 is 0 Å². The molecule has 10 heteroatoms. The number of aromatic nitrogens is 2. The number of carbonyl (C=O) groups is 1. The van der Waals surface area contributed by atoms with Crippen LogP contribution in [0, 0.1) is 17.0 Å². The van der Waals surface area contributed by atoms with Crippen LogP contribution in [-0.2, 0) is 24.6 Å². The van der Waals surface area contributed by atoms with Crippen molar-refractivity contribution in [2.24, 2.45) is 5.41 Å². The Morgan fingerprint density at radius 2 is 1.38 bits per heavy atom. The number of benzene rings is 5. The third kappa shape index (κ3) is 6.12. The molecule has 1 saturated carbocycles. The van der Waals surface area contributed by atoms with Crippen molar-refractivity contribution in [2.45, 2.75) is 18.4 Å². The summed E-state index contributed by atoms with van der Waals surface area (Å²) in [6.45, 7) is 0. The lowest BCUT2D eigenvalue weighted by molar-refractivity contribution is -0.120. The molecule has 0 saturated heterocycles. The number of rotatable bonds is 11. The van der Waals surface area contributed by atoms with Crippen molar-refractivity contribution in [1.29, 1.82) is 0 Å². The Kier molecular flexibility index (Phi) is 8.67. The normalized spacial score (nSPS) is 14.2. The fraction of sp³-hybridized carbons (Fsp3) is 0.150. The molecule has 5 aromatic carbocycles. The van der Waals surface area contributed by atoms with Crippen LogP contribution in [0.4, 0.5) is 14.5 Å². The summed E-state index contributed by atoms with van der Waals surface area (Å²) in [6.07, 6.45) is 4.23. The Labute approximate surface area is 289 Å². The monoisotopic (exact) mass is 689 g/mol. The van der Waals surface area contributed by atoms with Crippen LogP contribution in [0.3, 0.4) is 0 Å². The minimum atomic E-state index is -3.93. The minimum Gasteiger partial charge on any atom is -0.323 e. The predicted octanol–water partition coefficient (Wildman–Crippen LogP) is 8.02. The molecule has 0 radical (unpaired) electrons. The first kappa shape index (κ1) is 33.1. The molecule has 252 valence electrons. The lowest BCUT2D eigenvalue weighted by Gasteiger charge is -2.37. The van der Waals surface area contributed by atoms with Gasteiger partial charge in [-0.3, -0.25) is 8.98 Å². The summed E-state index contributed by atoms with van der Waals surface area (Å²) in [7, 11) is -2.88. The molecule has 7 rings (SSSR count). The highest BCUT2D eigenvalue weighted by atomic mass is 32.2. The van der Waals surface area contributed by atoms with E-state index in [2.05, 4.69) is 9.50 Å². The maximum atomic E-state index is 16.3. The fourth-order valence-electron chi connectivity index (χ4n) is 6.53. The molecule has 0 bridgehead atoms. The fourth-order valence-corrected chi connectivity index (χ4v) is 7.74. The number of hydrogen-bond acceptors (Lipinski definition) is 5. The molecular formula is C40H33F2N3O4S. The van der Waals surface area contributed by atoms with Crippen LogP contribution in [0.25, 0.3) is 23.1 Å². The molecule has 0 atom stereocenters. The zero-order chi connectivity index (χ0) is 34.9. The van der Waals surface area contributed by atoms with Crippen LogP contribution < -0.4 is 5.32 Å². The number of halogens is 2. The maximum absolute atomic E-state index is 16.3. The largest absolute Gasteiger partial charge is 0.323 e. The van der Waals surface area contributed by atoms with E-state index in [4.69, 9.17) is 5.10 Å². The van der Waals surface area contributed by atoms with Crippen molar-refractivity contribution < 1.29 is 26.2 Å². The topological polar surface area (TPSA) is 90.3 Å². The van der Waals surface area contributed by atoms with Gasteiger partial charge in [0.25, 0.3) is 10.1 Å². The standard InChI is InChI=1S/C40H33F2N3O4S/c1-49-50(47,48)27-39(23-24-39)38(46)43-36-25-33-35(22-19-28-17-20-32(41)21-18-28)44-45(37(33)26-34(36)42)40(29-11-5-2-6-12-29,30-13-7-3-8-14-30)31-15-9-4-10-16-31/h2-22,25-26H,23-24,27H2,1H3,(H,43,46)/b22-19+. The van der Waals surface area contributed by atoms with E-state index in [0.29, 0.717) is 29.4 Å². The number of hydrogen-bond donors (Lipinski definition) is 1. The Morgan fingerprint density at radius 3 is 1.88 bits per heavy atom.